The van der Waals surface area contributed by atoms with Gasteiger partial charge in [0.05, 0.1) is 40.8 Å². The second-order valence-electron chi connectivity index (χ2n) is 9.05. The van der Waals surface area contributed by atoms with Gasteiger partial charge in [0.25, 0.3) is 5.91 Å². The molecule has 5 rings (SSSR count). The van der Waals surface area contributed by atoms with Crippen molar-refractivity contribution in [3.8, 4) is 28.0 Å². The summed E-state index contributed by atoms with van der Waals surface area (Å²) in [6, 6.07) is 9.71. The predicted molar refractivity (Wildman–Crippen MR) is 141 cm³/mol. The maximum Gasteiger partial charge on any atom is 0.407 e. The summed E-state index contributed by atoms with van der Waals surface area (Å²) in [6.45, 7) is 4.84. The summed E-state index contributed by atoms with van der Waals surface area (Å²) in [7, 11) is 1.50. The molecule has 4 aromatic heterocycles. The highest BCUT2D eigenvalue weighted by atomic mass is 32.1. The number of ether oxygens (including phenoxy) is 1. The maximum atomic E-state index is 13.1. The fraction of sp³-hybridized carbons (Fsp3) is 0.320. The molecule has 1 aliphatic heterocycles. The Morgan fingerprint density at radius 3 is 2.84 bits per heavy atom. The molecule has 0 unspecified atom stereocenters. The van der Waals surface area contributed by atoms with Crippen LogP contribution in [-0.4, -0.2) is 74.0 Å². The molecule has 194 valence electrons. The number of nitrogens with one attached hydrogen (secondary N) is 2. The standard InChI is InChI=1S/C25H25N9O3S/c1-14(2)30-19-9-20(21-5-4-16-8-15(10-26)11-29-34(16)21)28-12-18(19)22-31-32-23(38-22)24(35)33-7-6-17(13-33)37-25(36)27-3/h4-5,8-9,11-12,14,17H,6-7,13H2,1-3H3,(H,27,36)(H,28,30)/t17-/m1/s1. The van der Waals surface area contributed by atoms with Crippen LogP contribution in [0.1, 0.15) is 35.6 Å². The van der Waals surface area contributed by atoms with Gasteiger partial charge in [0.15, 0.2) is 5.01 Å². The Kier molecular flexibility index (Phi) is 6.89. The van der Waals surface area contributed by atoms with Gasteiger partial charge in [-0.15, -0.1) is 10.2 Å². The van der Waals surface area contributed by atoms with Crippen molar-refractivity contribution in [1.29, 1.82) is 5.26 Å². The first kappa shape index (κ1) is 25.1. The minimum absolute atomic E-state index is 0.125. The topological polar surface area (TPSA) is 150 Å². The van der Waals surface area contributed by atoms with E-state index in [1.54, 1.807) is 21.7 Å². The van der Waals surface area contributed by atoms with E-state index in [4.69, 9.17) is 10.00 Å². The molecule has 38 heavy (non-hydrogen) atoms. The Hall–Kier alpha value is -4.57. The van der Waals surface area contributed by atoms with Gasteiger partial charge in [0.2, 0.25) is 5.01 Å². The van der Waals surface area contributed by atoms with Crippen LogP contribution in [0.5, 0.6) is 0 Å². The van der Waals surface area contributed by atoms with Crippen molar-refractivity contribution in [2.45, 2.75) is 32.4 Å². The first-order valence-electron chi connectivity index (χ1n) is 12.0. The summed E-state index contributed by atoms with van der Waals surface area (Å²) in [5.74, 6) is -0.248. The minimum Gasteiger partial charge on any atom is -0.444 e. The van der Waals surface area contributed by atoms with Crippen molar-refractivity contribution >= 4 is 34.5 Å². The Labute approximate surface area is 222 Å². The van der Waals surface area contributed by atoms with Crippen molar-refractivity contribution in [3.05, 3.63) is 47.2 Å². The molecule has 0 radical (unpaired) electrons. The molecular formula is C25H25N9O3S. The van der Waals surface area contributed by atoms with E-state index in [-0.39, 0.29) is 23.1 Å². The average molecular weight is 532 g/mol. The smallest absolute Gasteiger partial charge is 0.407 e. The van der Waals surface area contributed by atoms with E-state index in [0.717, 1.165) is 22.5 Å². The zero-order valence-electron chi connectivity index (χ0n) is 21.0. The molecule has 0 saturated carbocycles. The van der Waals surface area contributed by atoms with Crippen molar-refractivity contribution in [3.63, 3.8) is 0 Å². The van der Waals surface area contributed by atoms with Gasteiger partial charge in [-0.25, -0.2) is 9.31 Å². The molecule has 1 saturated heterocycles. The molecule has 2 amide bonds. The van der Waals surface area contributed by atoms with Crippen LogP contribution in [0.15, 0.2) is 36.7 Å². The lowest BCUT2D eigenvalue weighted by molar-refractivity contribution is 0.0729. The number of nitriles is 1. The molecule has 1 fully saturated rings. The van der Waals surface area contributed by atoms with Gasteiger partial charge >= 0.3 is 6.09 Å². The third-order valence-corrected chi connectivity index (χ3v) is 6.93. The number of hydrogen-bond acceptors (Lipinski definition) is 10. The lowest BCUT2D eigenvalue weighted by Crippen LogP contribution is -2.32. The number of fused-ring (bicyclic) bond motifs is 1. The summed E-state index contributed by atoms with van der Waals surface area (Å²) in [5, 5.41) is 28.7. The summed E-state index contributed by atoms with van der Waals surface area (Å²) < 4.78 is 7.01. The van der Waals surface area contributed by atoms with Crippen LogP contribution in [0.4, 0.5) is 10.5 Å². The minimum atomic E-state index is -0.514. The van der Waals surface area contributed by atoms with Gasteiger partial charge in [0, 0.05) is 37.9 Å². The van der Waals surface area contributed by atoms with Gasteiger partial charge in [-0.05, 0) is 38.1 Å². The fourth-order valence-electron chi connectivity index (χ4n) is 4.22. The van der Waals surface area contributed by atoms with Crippen LogP contribution in [0.25, 0.3) is 27.5 Å². The highest BCUT2D eigenvalue weighted by Gasteiger charge is 2.31. The number of carbonyl (C=O) groups excluding carboxylic acids is 2. The van der Waals surface area contributed by atoms with E-state index in [1.807, 2.05) is 32.0 Å². The van der Waals surface area contributed by atoms with Crippen molar-refractivity contribution in [2.24, 2.45) is 0 Å². The predicted octanol–water partition coefficient (Wildman–Crippen LogP) is 3.18. The van der Waals surface area contributed by atoms with E-state index < -0.39 is 6.09 Å². The Bertz CT molecular complexity index is 1560. The van der Waals surface area contributed by atoms with Crippen LogP contribution in [0.2, 0.25) is 0 Å². The fourth-order valence-corrected chi connectivity index (χ4v) is 5.06. The third kappa shape index (κ3) is 4.98. The number of anilines is 1. The maximum absolute atomic E-state index is 13.1. The highest BCUT2D eigenvalue weighted by molar-refractivity contribution is 7.16. The molecule has 13 heteroatoms. The van der Waals surface area contributed by atoms with Gasteiger partial charge in [-0.3, -0.25) is 9.78 Å². The van der Waals surface area contributed by atoms with E-state index >= 15 is 0 Å². The molecule has 12 nitrogen and oxygen atoms in total. The Morgan fingerprint density at radius 2 is 2.08 bits per heavy atom. The van der Waals surface area contributed by atoms with Crippen molar-refractivity contribution < 1.29 is 14.3 Å². The van der Waals surface area contributed by atoms with Crippen molar-refractivity contribution in [2.75, 3.05) is 25.5 Å². The average Bonchev–Trinajstić information content (AvgIpc) is 3.67. The number of amides is 2. The van der Waals surface area contributed by atoms with Crippen LogP contribution in [0, 0.1) is 11.3 Å². The molecule has 4 aromatic rings. The van der Waals surface area contributed by atoms with E-state index in [0.29, 0.717) is 35.8 Å². The summed E-state index contributed by atoms with van der Waals surface area (Å²) >= 11 is 1.19. The number of alkyl carbamates (subject to hydrolysis) is 1. The van der Waals surface area contributed by atoms with Gasteiger partial charge in [0.1, 0.15) is 12.2 Å². The highest BCUT2D eigenvalue weighted by Crippen LogP contribution is 2.34. The number of rotatable bonds is 6. The lowest BCUT2D eigenvalue weighted by atomic mass is 10.1. The van der Waals surface area contributed by atoms with E-state index in [2.05, 4.69) is 37.0 Å². The second kappa shape index (κ2) is 10.4. The monoisotopic (exact) mass is 531 g/mol. The van der Waals surface area contributed by atoms with Crippen molar-refractivity contribution in [1.82, 2.24) is 35.0 Å². The number of nitrogens with zero attached hydrogens (tertiary/aromatic N) is 7. The summed E-state index contributed by atoms with van der Waals surface area (Å²) in [4.78, 5) is 30.8. The first-order chi connectivity index (χ1) is 18.4. The number of carbonyl (C=O) groups is 2. The second-order valence-corrected chi connectivity index (χ2v) is 10.0. The molecule has 0 aromatic carbocycles. The third-order valence-electron chi connectivity index (χ3n) is 5.99. The van der Waals surface area contributed by atoms with Gasteiger partial charge in [-0.1, -0.05) is 11.3 Å². The van der Waals surface area contributed by atoms with Gasteiger partial charge in [-0.2, -0.15) is 10.4 Å². The molecule has 1 aliphatic rings. The van der Waals surface area contributed by atoms with E-state index in [1.165, 1.54) is 24.6 Å². The Balaban J connectivity index is 1.41. The molecular weight excluding hydrogens is 506 g/mol. The number of pyridine rings is 1. The van der Waals surface area contributed by atoms with E-state index in [9.17, 15) is 9.59 Å². The Morgan fingerprint density at radius 1 is 1.24 bits per heavy atom. The molecule has 5 heterocycles. The van der Waals surface area contributed by atoms with Crippen LogP contribution in [-0.2, 0) is 4.74 Å². The number of hydrogen-bond donors (Lipinski definition) is 2. The summed E-state index contributed by atoms with van der Waals surface area (Å²) in [6.07, 6.45) is 2.93. The molecule has 1 atom stereocenters. The lowest BCUT2D eigenvalue weighted by Gasteiger charge is -2.15. The molecule has 0 aliphatic carbocycles. The van der Waals surface area contributed by atoms with Crippen LogP contribution in [0.3, 0.4) is 0 Å². The number of likely N-dealkylation sites (tertiary alicyclic amines) is 1. The molecule has 0 spiro atoms. The largest absolute Gasteiger partial charge is 0.444 e. The first-order valence-corrected chi connectivity index (χ1v) is 12.8. The normalized spacial score (nSPS) is 15.0. The molecule has 2 N–H and O–H groups in total. The quantitative estimate of drug-likeness (QED) is 0.382. The van der Waals surface area contributed by atoms with Gasteiger partial charge < -0.3 is 20.3 Å². The zero-order chi connectivity index (χ0) is 26.8. The number of aromatic nitrogens is 5. The van der Waals surface area contributed by atoms with Crippen LogP contribution >= 0.6 is 11.3 Å². The molecule has 0 bridgehead atoms. The zero-order valence-corrected chi connectivity index (χ0v) is 21.8. The SMILES string of the molecule is CNC(=O)O[C@@H]1CCN(C(=O)c2nnc(-c3cnc(-c4ccc5cc(C#N)cnn45)cc3NC(C)C)s2)C1. The van der Waals surface area contributed by atoms with Crippen LogP contribution < -0.4 is 10.6 Å². The summed E-state index contributed by atoms with van der Waals surface area (Å²) in [5.41, 5.74) is 4.26.